The lowest BCUT2D eigenvalue weighted by Gasteiger charge is -2.37. The maximum atomic E-state index is 12.6. The Morgan fingerprint density at radius 2 is 2.05 bits per heavy atom. The molecule has 0 spiro atoms. The van der Waals surface area contributed by atoms with Gasteiger partial charge in [0.15, 0.2) is 11.3 Å². The van der Waals surface area contributed by atoms with E-state index in [1.165, 1.54) is 0 Å². The van der Waals surface area contributed by atoms with Gasteiger partial charge in [0, 0.05) is 17.0 Å². The molecule has 1 N–H and O–H groups in total. The molecule has 1 aromatic rings. The average Bonchev–Trinajstić information content (AvgIpc) is 2.40. The SMILES string of the molecule is CC(C)(C)OC(=O)NC1(c2ccccc2Cl)COCCC1=O. The maximum absolute atomic E-state index is 12.6. The monoisotopic (exact) mass is 325 g/mol. The first kappa shape index (κ1) is 16.8. The van der Waals surface area contributed by atoms with Gasteiger partial charge in [0.2, 0.25) is 0 Å². The number of rotatable bonds is 2. The molecule has 120 valence electrons. The first-order valence-corrected chi connectivity index (χ1v) is 7.50. The van der Waals surface area contributed by atoms with Crippen molar-refractivity contribution < 1.29 is 19.1 Å². The lowest BCUT2D eigenvalue weighted by molar-refractivity contribution is -0.135. The summed E-state index contributed by atoms with van der Waals surface area (Å²) in [5, 5.41) is 3.08. The van der Waals surface area contributed by atoms with E-state index in [0.29, 0.717) is 17.2 Å². The van der Waals surface area contributed by atoms with Crippen LogP contribution in [0, 0.1) is 0 Å². The van der Waals surface area contributed by atoms with Crippen molar-refractivity contribution in [3.63, 3.8) is 0 Å². The van der Waals surface area contributed by atoms with Crippen molar-refractivity contribution in [2.24, 2.45) is 0 Å². The van der Waals surface area contributed by atoms with Crippen molar-refractivity contribution in [1.29, 1.82) is 0 Å². The van der Waals surface area contributed by atoms with Crippen LogP contribution in [0.3, 0.4) is 0 Å². The van der Waals surface area contributed by atoms with Crippen molar-refractivity contribution in [3.05, 3.63) is 34.9 Å². The molecule has 0 saturated carbocycles. The van der Waals surface area contributed by atoms with Crippen molar-refractivity contribution in [1.82, 2.24) is 5.32 Å². The first-order chi connectivity index (χ1) is 10.2. The van der Waals surface area contributed by atoms with Crippen LogP contribution in [0.2, 0.25) is 5.02 Å². The van der Waals surface area contributed by atoms with Crippen LogP contribution in [0.25, 0.3) is 0 Å². The van der Waals surface area contributed by atoms with E-state index >= 15 is 0 Å². The number of carbonyl (C=O) groups is 2. The van der Waals surface area contributed by atoms with E-state index in [2.05, 4.69) is 5.32 Å². The van der Waals surface area contributed by atoms with Crippen LogP contribution in [0.5, 0.6) is 0 Å². The summed E-state index contributed by atoms with van der Waals surface area (Å²) in [7, 11) is 0. The van der Waals surface area contributed by atoms with E-state index in [1.54, 1.807) is 45.0 Å². The van der Waals surface area contributed by atoms with Gasteiger partial charge in [-0.05, 0) is 26.8 Å². The van der Waals surface area contributed by atoms with Gasteiger partial charge in [-0.25, -0.2) is 4.79 Å². The zero-order valence-electron chi connectivity index (χ0n) is 12.9. The van der Waals surface area contributed by atoms with Gasteiger partial charge >= 0.3 is 6.09 Å². The summed E-state index contributed by atoms with van der Waals surface area (Å²) in [5.74, 6) is -0.141. The number of Topliss-reactive ketones (excluding diaryl/α,β-unsaturated/α-hetero) is 1. The van der Waals surface area contributed by atoms with E-state index < -0.39 is 17.2 Å². The Morgan fingerprint density at radius 3 is 2.64 bits per heavy atom. The molecule has 1 amide bonds. The number of amides is 1. The predicted octanol–water partition coefficient (Wildman–Crippen LogP) is 3.05. The van der Waals surface area contributed by atoms with Crippen LogP contribution < -0.4 is 5.32 Å². The number of halogens is 1. The molecule has 2 rings (SSSR count). The van der Waals surface area contributed by atoms with Crippen LogP contribution in [0.4, 0.5) is 4.79 Å². The fourth-order valence-electron chi connectivity index (χ4n) is 2.37. The third kappa shape index (κ3) is 3.59. The second-order valence-electron chi connectivity index (χ2n) is 6.24. The van der Waals surface area contributed by atoms with E-state index in [9.17, 15) is 9.59 Å². The van der Waals surface area contributed by atoms with Gasteiger partial charge in [-0.1, -0.05) is 29.8 Å². The third-order valence-corrected chi connectivity index (χ3v) is 3.65. The highest BCUT2D eigenvalue weighted by molar-refractivity contribution is 6.31. The Balaban J connectivity index is 2.37. The molecule has 1 aliphatic rings. The number of ether oxygens (including phenoxy) is 2. The smallest absolute Gasteiger partial charge is 0.408 e. The van der Waals surface area contributed by atoms with Crippen molar-refractivity contribution in [2.75, 3.05) is 13.2 Å². The Morgan fingerprint density at radius 1 is 1.36 bits per heavy atom. The van der Waals surface area contributed by atoms with Gasteiger partial charge in [-0.2, -0.15) is 0 Å². The van der Waals surface area contributed by atoms with E-state index in [4.69, 9.17) is 21.1 Å². The number of benzene rings is 1. The Bertz CT molecular complexity index is 582. The molecule has 1 unspecified atom stereocenters. The standard InChI is InChI=1S/C16H20ClNO4/c1-15(2,3)22-14(20)18-16(10-21-9-8-13(16)19)11-6-4-5-7-12(11)17/h4-7H,8-10H2,1-3H3,(H,18,20). The highest BCUT2D eigenvalue weighted by Gasteiger charge is 2.45. The van der Waals surface area contributed by atoms with Crippen molar-refractivity contribution in [2.45, 2.75) is 38.3 Å². The molecule has 1 saturated heterocycles. The molecule has 1 heterocycles. The molecule has 5 nitrogen and oxygen atoms in total. The fourth-order valence-corrected chi connectivity index (χ4v) is 2.67. The summed E-state index contributed by atoms with van der Waals surface area (Å²) in [5.41, 5.74) is -1.45. The molecule has 1 aliphatic heterocycles. The zero-order valence-corrected chi connectivity index (χ0v) is 13.7. The summed E-state index contributed by atoms with van der Waals surface area (Å²) >= 11 is 6.23. The normalized spacial score (nSPS) is 22.3. The lowest BCUT2D eigenvalue weighted by Crippen LogP contribution is -2.58. The lowest BCUT2D eigenvalue weighted by atomic mass is 9.83. The zero-order chi connectivity index (χ0) is 16.4. The Labute approximate surface area is 134 Å². The van der Waals surface area contributed by atoms with Crippen LogP contribution in [0.1, 0.15) is 32.8 Å². The average molecular weight is 326 g/mol. The molecule has 1 fully saturated rings. The molecule has 22 heavy (non-hydrogen) atoms. The minimum atomic E-state index is -1.31. The van der Waals surface area contributed by atoms with Crippen molar-refractivity contribution in [3.8, 4) is 0 Å². The second kappa shape index (κ2) is 6.26. The number of ketones is 1. The third-order valence-electron chi connectivity index (χ3n) is 3.32. The first-order valence-electron chi connectivity index (χ1n) is 7.12. The van der Waals surface area contributed by atoms with E-state index in [1.807, 2.05) is 0 Å². The molecule has 0 aliphatic carbocycles. The van der Waals surface area contributed by atoms with E-state index in [0.717, 1.165) is 0 Å². The summed E-state index contributed by atoms with van der Waals surface area (Å²) in [6.45, 7) is 5.64. The minimum absolute atomic E-state index is 0.0365. The van der Waals surface area contributed by atoms with Crippen LogP contribution in [-0.4, -0.2) is 30.7 Å². The quantitative estimate of drug-likeness (QED) is 0.907. The Kier molecular flexibility index (Phi) is 4.78. The maximum Gasteiger partial charge on any atom is 0.408 e. The number of nitrogens with one attached hydrogen (secondary N) is 1. The van der Waals surface area contributed by atoms with Gasteiger partial charge in [0.1, 0.15) is 5.60 Å². The highest BCUT2D eigenvalue weighted by Crippen LogP contribution is 2.33. The van der Waals surface area contributed by atoms with Crippen LogP contribution >= 0.6 is 11.6 Å². The van der Waals surface area contributed by atoms with Crippen molar-refractivity contribution >= 4 is 23.5 Å². The van der Waals surface area contributed by atoms with E-state index in [-0.39, 0.29) is 18.8 Å². The molecular weight excluding hydrogens is 306 g/mol. The number of alkyl carbamates (subject to hydrolysis) is 1. The molecule has 0 bridgehead atoms. The second-order valence-corrected chi connectivity index (χ2v) is 6.65. The molecular formula is C16H20ClNO4. The number of hydrogen-bond donors (Lipinski definition) is 1. The Hall–Kier alpha value is -1.59. The number of carbonyl (C=O) groups excluding carboxylic acids is 2. The molecule has 1 atom stereocenters. The van der Waals surface area contributed by atoms with Crippen LogP contribution in [-0.2, 0) is 19.8 Å². The van der Waals surface area contributed by atoms with Gasteiger partial charge in [0.05, 0.1) is 13.2 Å². The fraction of sp³-hybridized carbons (Fsp3) is 0.500. The minimum Gasteiger partial charge on any atom is -0.444 e. The summed E-state index contributed by atoms with van der Waals surface area (Å²) in [4.78, 5) is 24.7. The summed E-state index contributed by atoms with van der Waals surface area (Å²) < 4.78 is 10.7. The number of hydrogen-bond acceptors (Lipinski definition) is 4. The van der Waals surface area contributed by atoms with Gasteiger partial charge < -0.3 is 14.8 Å². The predicted molar refractivity (Wildman–Crippen MR) is 82.9 cm³/mol. The van der Waals surface area contributed by atoms with Crippen LogP contribution in [0.15, 0.2) is 24.3 Å². The molecule has 1 aromatic carbocycles. The summed E-state index contributed by atoms with van der Waals surface area (Å²) in [6, 6.07) is 6.92. The van der Waals surface area contributed by atoms with Gasteiger partial charge in [0.25, 0.3) is 0 Å². The highest BCUT2D eigenvalue weighted by atomic mass is 35.5. The van der Waals surface area contributed by atoms with Gasteiger partial charge in [-0.3, -0.25) is 4.79 Å². The largest absolute Gasteiger partial charge is 0.444 e. The molecule has 0 radical (unpaired) electrons. The summed E-state index contributed by atoms with van der Waals surface area (Å²) in [6.07, 6.45) is -0.465. The van der Waals surface area contributed by atoms with Gasteiger partial charge in [-0.15, -0.1) is 0 Å². The molecule has 0 aromatic heterocycles. The molecule has 6 heteroatoms. The topological polar surface area (TPSA) is 64.6 Å².